The summed E-state index contributed by atoms with van der Waals surface area (Å²) < 4.78 is 2.17. The molecule has 0 aliphatic heterocycles. The highest BCUT2D eigenvalue weighted by Crippen LogP contribution is 2.38. The third-order valence-electron chi connectivity index (χ3n) is 4.14. The van der Waals surface area contributed by atoms with E-state index in [2.05, 4.69) is 21.5 Å². The molecule has 21 heavy (non-hydrogen) atoms. The van der Waals surface area contributed by atoms with Crippen LogP contribution in [0.5, 0.6) is 0 Å². The summed E-state index contributed by atoms with van der Waals surface area (Å²) in [6.45, 7) is 2.27. The zero-order valence-corrected chi connectivity index (χ0v) is 12.8. The number of rotatable bonds is 4. The zero-order valence-electron chi connectivity index (χ0n) is 12.0. The van der Waals surface area contributed by atoms with Gasteiger partial charge in [-0.25, -0.2) is 9.97 Å². The molecule has 2 aromatic heterocycles. The van der Waals surface area contributed by atoms with Gasteiger partial charge in [0.15, 0.2) is 10.8 Å². The topological polar surface area (TPSA) is 68.0 Å². The smallest absolute Gasteiger partial charge is 0.313 e. The molecule has 2 heterocycles. The van der Waals surface area contributed by atoms with Gasteiger partial charge in [-0.05, 0) is 30.9 Å². The lowest BCUT2D eigenvalue weighted by atomic mass is 9.86. The predicted octanol–water partition coefficient (Wildman–Crippen LogP) is 3.36. The van der Waals surface area contributed by atoms with Gasteiger partial charge in [0.25, 0.3) is 0 Å². The van der Waals surface area contributed by atoms with Gasteiger partial charge in [-0.1, -0.05) is 31.5 Å². The highest BCUT2D eigenvalue weighted by atomic mass is 32.2. The Morgan fingerprint density at radius 3 is 3.05 bits per heavy atom. The number of thioether (sulfide) groups is 1. The van der Waals surface area contributed by atoms with E-state index in [1.807, 2.05) is 12.1 Å². The van der Waals surface area contributed by atoms with Crippen LogP contribution in [-0.2, 0) is 4.79 Å². The predicted molar refractivity (Wildman–Crippen MR) is 82.6 cm³/mol. The van der Waals surface area contributed by atoms with Crippen molar-refractivity contribution >= 4 is 28.9 Å². The molecule has 2 atom stereocenters. The number of nitrogens with zero attached hydrogens (tertiary/aromatic N) is 3. The molecular weight excluding hydrogens is 286 g/mol. The number of fused-ring (bicyclic) bond motifs is 1. The molecule has 1 saturated carbocycles. The Kier molecular flexibility index (Phi) is 4.14. The second-order valence-corrected chi connectivity index (χ2v) is 6.56. The lowest BCUT2D eigenvalue weighted by molar-refractivity contribution is -0.133. The molecule has 0 bridgehead atoms. The van der Waals surface area contributed by atoms with Crippen molar-refractivity contribution in [3.05, 3.63) is 18.3 Å². The minimum atomic E-state index is -0.816. The maximum Gasteiger partial charge on any atom is 0.313 e. The van der Waals surface area contributed by atoms with Gasteiger partial charge in [0.05, 0.1) is 5.75 Å². The number of pyridine rings is 1. The maximum atomic E-state index is 10.9. The molecule has 0 saturated heterocycles. The summed E-state index contributed by atoms with van der Waals surface area (Å²) in [5.41, 5.74) is 1.73. The van der Waals surface area contributed by atoms with Gasteiger partial charge in [0.2, 0.25) is 0 Å². The molecule has 1 fully saturated rings. The maximum absolute atomic E-state index is 10.9. The van der Waals surface area contributed by atoms with E-state index in [1.165, 1.54) is 31.0 Å². The van der Waals surface area contributed by atoms with Crippen LogP contribution in [0.4, 0.5) is 0 Å². The van der Waals surface area contributed by atoms with Crippen LogP contribution in [0.25, 0.3) is 11.2 Å². The lowest BCUT2D eigenvalue weighted by Crippen LogP contribution is -2.22. The molecule has 2 aromatic rings. The third-order valence-corrected chi connectivity index (χ3v) is 5.08. The van der Waals surface area contributed by atoms with E-state index in [-0.39, 0.29) is 5.75 Å². The molecule has 2 unspecified atom stereocenters. The molecule has 1 aliphatic carbocycles. The molecule has 0 radical (unpaired) electrons. The normalized spacial score (nSPS) is 22.5. The van der Waals surface area contributed by atoms with E-state index in [4.69, 9.17) is 5.11 Å². The number of hydrogen-bond acceptors (Lipinski definition) is 4. The van der Waals surface area contributed by atoms with Crippen LogP contribution in [0.2, 0.25) is 0 Å². The average molecular weight is 305 g/mol. The van der Waals surface area contributed by atoms with Crippen molar-refractivity contribution in [2.24, 2.45) is 5.92 Å². The Balaban J connectivity index is 2.04. The Morgan fingerprint density at radius 2 is 2.29 bits per heavy atom. The van der Waals surface area contributed by atoms with Crippen molar-refractivity contribution in [3.63, 3.8) is 0 Å². The Morgan fingerprint density at radius 1 is 1.48 bits per heavy atom. The summed E-state index contributed by atoms with van der Waals surface area (Å²) in [5, 5.41) is 9.71. The minimum absolute atomic E-state index is 0.0322. The first-order valence-electron chi connectivity index (χ1n) is 7.34. The summed E-state index contributed by atoms with van der Waals surface area (Å²) in [4.78, 5) is 19.9. The highest BCUT2D eigenvalue weighted by molar-refractivity contribution is 7.99. The lowest BCUT2D eigenvalue weighted by Gasteiger charge is -2.31. The summed E-state index contributed by atoms with van der Waals surface area (Å²) in [6, 6.07) is 4.18. The number of carboxylic acids is 1. The fourth-order valence-electron chi connectivity index (χ4n) is 3.12. The molecule has 0 amide bonds. The second-order valence-electron chi connectivity index (χ2n) is 5.62. The van der Waals surface area contributed by atoms with Gasteiger partial charge < -0.3 is 9.67 Å². The van der Waals surface area contributed by atoms with Crippen molar-refractivity contribution in [2.75, 3.05) is 5.75 Å². The summed E-state index contributed by atoms with van der Waals surface area (Å²) in [6.07, 6.45) is 6.59. The summed E-state index contributed by atoms with van der Waals surface area (Å²) in [5.74, 6) is -0.213. The van der Waals surface area contributed by atoms with E-state index in [1.54, 1.807) is 6.20 Å². The molecule has 1 N–H and O–H groups in total. The van der Waals surface area contributed by atoms with Crippen LogP contribution in [0.3, 0.4) is 0 Å². The molecule has 5 nitrogen and oxygen atoms in total. The van der Waals surface area contributed by atoms with Crippen LogP contribution in [0, 0.1) is 5.92 Å². The van der Waals surface area contributed by atoms with Crippen LogP contribution >= 0.6 is 11.8 Å². The Bertz CT molecular complexity index is 655. The minimum Gasteiger partial charge on any atom is -0.481 e. The van der Waals surface area contributed by atoms with Crippen LogP contribution in [-0.4, -0.2) is 31.4 Å². The van der Waals surface area contributed by atoms with Gasteiger partial charge in [0.1, 0.15) is 5.52 Å². The number of aliphatic carboxylic acids is 1. The molecule has 0 spiro atoms. The monoisotopic (exact) mass is 305 g/mol. The summed E-state index contributed by atoms with van der Waals surface area (Å²) in [7, 11) is 0. The number of aromatic nitrogens is 3. The summed E-state index contributed by atoms with van der Waals surface area (Å²) >= 11 is 1.29. The number of carboxylic acid groups (broad SMARTS) is 1. The van der Waals surface area contributed by atoms with E-state index < -0.39 is 5.97 Å². The second kappa shape index (κ2) is 6.05. The highest BCUT2D eigenvalue weighted by Gasteiger charge is 2.27. The standard InChI is InChI=1S/C15H19N3O2S/c1-10-5-2-3-7-12(10)18-14-11(6-4-8-16-14)17-15(18)21-9-13(19)20/h4,6,8,10,12H,2-3,5,7,9H2,1H3,(H,19,20). The van der Waals surface area contributed by atoms with Crippen LogP contribution < -0.4 is 0 Å². The van der Waals surface area contributed by atoms with Crippen LogP contribution in [0.1, 0.15) is 38.6 Å². The van der Waals surface area contributed by atoms with Crippen LogP contribution in [0.15, 0.2) is 23.5 Å². The fourth-order valence-corrected chi connectivity index (χ4v) is 3.89. The Labute approximate surface area is 127 Å². The van der Waals surface area contributed by atoms with Crippen molar-refractivity contribution in [2.45, 2.75) is 43.8 Å². The van der Waals surface area contributed by atoms with Crippen molar-refractivity contribution in [1.82, 2.24) is 14.5 Å². The van der Waals surface area contributed by atoms with Gasteiger partial charge in [-0.2, -0.15) is 0 Å². The number of hydrogen-bond donors (Lipinski definition) is 1. The van der Waals surface area contributed by atoms with Crippen molar-refractivity contribution < 1.29 is 9.90 Å². The quantitative estimate of drug-likeness (QED) is 0.877. The average Bonchev–Trinajstić information content (AvgIpc) is 2.84. The molecular formula is C15H19N3O2S. The molecule has 1 aliphatic rings. The number of imidazole rings is 1. The number of carbonyl (C=O) groups is 1. The Hall–Kier alpha value is -1.56. The first-order chi connectivity index (χ1) is 10.2. The molecule has 6 heteroatoms. The fraction of sp³-hybridized carbons (Fsp3) is 0.533. The first kappa shape index (κ1) is 14.4. The van der Waals surface area contributed by atoms with Gasteiger partial charge in [-0.15, -0.1) is 0 Å². The van der Waals surface area contributed by atoms with E-state index in [9.17, 15) is 4.79 Å². The third kappa shape index (κ3) is 2.90. The van der Waals surface area contributed by atoms with E-state index in [0.717, 1.165) is 22.7 Å². The zero-order chi connectivity index (χ0) is 14.8. The first-order valence-corrected chi connectivity index (χ1v) is 8.33. The largest absolute Gasteiger partial charge is 0.481 e. The molecule has 3 rings (SSSR count). The van der Waals surface area contributed by atoms with Gasteiger partial charge in [0, 0.05) is 12.2 Å². The van der Waals surface area contributed by atoms with Gasteiger partial charge in [-0.3, -0.25) is 4.79 Å². The van der Waals surface area contributed by atoms with Crippen molar-refractivity contribution in [3.8, 4) is 0 Å². The SMILES string of the molecule is CC1CCCCC1n1c(SCC(=O)O)nc2cccnc21. The van der Waals surface area contributed by atoms with E-state index in [0.29, 0.717) is 12.0 Å². The molecule has 112 valence electrons. The van der Waals surface area contributed by atoms with Gasteiger partial charge >= 0.3 is 5.97 Å². The van der Waals surface area contributed by atoms with Crippen molar-refractivity contribution in [1.29, 1.82) is 0 Å². The molecule has 0 aromatic carbocycles. The van der Waals surface area contributed by atoms with E-state index >= 15 is 0 Å².